The topological polar surface area (TPSA) is 59.6 Å². The van der Waals surface area contributed by atoms with Gasteiger partial charge < -0.3 is 20.1 Å². The predicted molar refractivity (Wildman–Crippen MR) is 119 cm³/mol. The molecule has 0 fully saturated rings. The average molecular weight is 425 g/mol. The molecule has 156 valence electrons. The van der Waals surface area contributed by atoms with Crippen molar-refractivity contribution in [2.45, 2.75) is 46.6 Å². The minimum absolute atomic E-state index is 0.101. The van der Waals surface area contributed by atoms with Gasteiger partial charge in [-0.05, 0) is 55.0 Å². The molecule has 0 unspecified atom stereocenters. The highest BCUT2D eigenvalue weighted by Gasteiger charge is 2.39. The number of halogens is 1. The fourth-order valence-electron chi connectivity index (χ4n) is 4.60. The Hall–Kier alpha value is -2.66. The van der Waals surface area contributed by atoms with Crippen molar-refractivity contribution in [3.05, 3.63) is 57.2 Å². The summed E-state index contributed by atoms with van der Waals surface area (Å²) in [6, 6.07) is 7.56. The molecule has 0 saturated carbocycles. The number of nitrogens with one attached hydrogen (secondary N) is 2. The van der Waals surface area contributed by atoms with Crippen molar-refractivity contribution in [3.63, 3.8) is 0 Å². The lowest BCUT2D eigenvalue weighted by atomic mass is 9.73. The highest BCUT2D eigenvalue weighted by atomic mass is 35.5. The maximum absolute atomic E-state index is 13.4. The SMILES string of the molecule is Cc1cc2c(cc1C)N[C@H](c1cc3c(cc1Cl)OCO3)C1=C(CC(C)(C)CC1=O)N2. The Morgan fingerprint density at radius 2 is 1.67 bits per heavy atom. The number of ether oxygens (including phenoxy) is 2. The Labute approximate surface area is 181 Å². The highest BCUT2D eigenvalue weighted by molar-refractivity contribution is 6.31. The maximum Gasteiger partial charge on any atom is 0.231 e. The van der Waals surface area contributed by atoms with E-state index in [1.807, 2.05) is 6.07 Å². The molecular formula is C24H25ClN2O3. The van der Waals surface area contributed by atoms with Gasteiger partial charge in [0.05, 0.1) is 22.4 Å². The average Bonchev–Trinajstić information content (AvgIpc) is 3.03. The number of Topliss-reactive ketones (excluding diaryl/α,β-unsaturated/α-hetero) is 1. The fourth-order valence-corrected chi connectivity index (χ4v) is 4.86. The number of allylic oxidation sites excluding steroid dienone is 1. The molecule has 0 bridgehead atoms. The molecule has 2 aromatic rings. The lowest BCUT2D eigenvalue weighted by Gasteiger charge is -2.34. The first-order valence-corrected chi connectivity index (χ1v) is 10.6. The zero-order chi connectivity index (χ0) is 21.2. The minimum atomic E-state index is -0.374. The Balaban J connectivity index is 1.71. The number of hydrogen-bond donors (Lipinski definition) is 2. The largest absolute Gasteiger partial charge is 0.454 e. The smallest absolute Gasteiger partial charge is 0.231 e. The Bertz CT molecular complexity index is 1120. The monoisotopic (exact) mass is 424 g/mol. The van der Waals surface area contributed by atoms with Crippen molar-refractivity contribution in [1.29, 1.82) is 0 Å². The van der Waals surface area contributed by atoms with Crippen molar-refractivity contribution in [1.82, 2.24) is 0 Å². The second-order valence-electron chi connectivity index (χ2n) is 9.24. The molecule has 2 N–H and O–H groups in total. The maximum atomic E-state index is 13.4. The molecule has 0 aromatic heterocycles. The third-order valence-electron chi connectivity index (χ3n) is 6.23. The molecule has 2 aliphatic heterocycles. The summed E-state index contributed by atoms with van der Waals surface area (Å²) in [5, 5.41) is 7.74. The molecule has 0 amide bonds. The van der Waals surface area contributed by atoms with Crippen molar-refractivity contribution < 1.29 is 14.3 Å². The van der Waals surface area contributed by atoms with Crippen molar-refractivity contribution in [2.75, 3.05) is 17.4 Å². The summed E-state index contributed by atoms with van der Waals surface area (Å²) in [5.41, 5.74) is 6.75. The van der Waals surface area contributed by atoms with E-state index in [2.05, 4.69) is 50.5 Å². The second-order valence-corrected chi connectivity index (χ2v) is 9.65. The van der Waals surface area contributed by atoms with Crippen molar-refractivity contribution in [2.24, 2.45) is 5.41 Å². The van der Waals surface area contributed by atoms with Crippen LogP contribution in [0.2, 0.25) is 5.02 Å². The molecular weight excluding hydrogens is 400 g/mol. The molecule has 1 atom stereocenters. The van der Waals surface area contributed by atoms with Gasteiger partial charge in [-0.25, -0.2) is 0 Å². The summed E-state index contributed by atoms with van der Waals surface area (Å²) in [4.78, 5) is 13.4. The number of fused-ring (bicyclic) bond motifs is 2. The molecule has 0 radical (unpaired) electrons. The lowest BCUT2D eigenvalue weighted by molar-refractivity contribution is -0.118. The highest BCUT2D eigenvalue weighted by Crippen LogP contribution is 2.48. The van der Waals surface area contributed by atoms with Gasteiger partial charge in [0.15, 0.2) is 17.3 Å². The number of carbonyl (C=O) groups excluding carboxylic acids is 1. The molecule has 0 spiro atoms. The van der Waals surface area contributed by atoms with E-state index >= 15 is 0 Å². The first-order chi connectivity index (χ1) is 14.2. The second kappa shape index (κ2) is 6.67. The third-order valence-corrected chi connectivity index (χ3v) is 6.56. The number of benzene rings is 2. The first kappa shape index (κ1) is 19.3. The Morgan fingerprint density at radius 3 is 2.40 bits per heavy atom. The van der Waals surface area contributed by atoms with Gasteiger partial charge in [-0.1, -0.05) is 25.4 Å². The molecule has 3 aliphatic rings. The summed E-state index contributed by atoms with van der Waals surface area (Å²) < 4.78 is 11.1. The molecule has 1 aliphatic carbocycles. The van der Waals surface area contributed by atoms with E-state index in [1.54, 1.807) is 6.07 Å². The predicted octanol–water partition coefficient (Wildman–Crippen LogP) is 5.91. The normalized spacial score (nSPS) is 21.4. The summed E-state index contributed by atoms with van der Waals surface area (Å²) in [7, 11) is 0. The van der Waals surface area contributed by atoms with Gasteiger partial charge >= 0.3 is 0 Å². The standard InChI is InChI=1S/C24H25ClN2O3/c1-12-5-16-17(6-13(12)2)27-23(14-7-20-21(8-15(14)25)30-11-29-20)22-18(26-16)9-24(3,4)10-19(22)28/h5-8,23,26-27H,9-11H2,1-4H3/t23-/m1/s1. The summed E-state index contributed by atoms with van der Waals surface area (Å²) >= 11 is 6.68. The van der Waals surface area contributed by atoms with Crippen LogP contribution in [0.1, 0.15) is 49.4 Å². The van der Waals surface area contributed by atoms with Crippen LogP contribution in [0, 0.1) is 19.3 Å². The molecule has 0 saturated heterocycles. The summed E-state index contributed by atoms with van der Waals surface area (Å²) in [5.74, 6) is 1.42. The zero-order valence-corrected chi connectivity index (χ0v) is 18.4. The van der Waals surface area contributed by atoms with E-state index in [4.69, 9.17) is 21.1 Å². The minimum Gasteiger partial charge on any atom is -0.454 e. The van der Waals surface area contributed by atoms with E-state index in [0.717, 1.165) is 34.6 Å². The van der Waals surface area contributed by atoms with Crippen molar-refractivity contribution in [3.8, 4) is 11.5 Å². The van der Waals surface area contributed by atoms with Crippen LogP contribution >= 0.6 is 11.6 Å². The quantitative estimate of drug-likeness (QED) is 0.596. The Kier molecular flexibility index (Phi) is 4.30. The summed E-state index contributed by atoms with van der Waals surface area (Å²) in [6.07, 6.45) is 1.29. The van der Waals surface area contributed by atoms with Crippen LogP contribution in [0.5, 0.6) is 11.5 Å². The van der Waals surface area contributed by atoms with Crippen LogP contribution in [-0.4, -0.2) is 12.6 Å². The fraction of sp³-hybridized carbons (Fsp3) is 0.375. The molecule has 2 aromatic carbocycles. The van der Waals surface area contributed by atoms with Crippen LogP contribution in [0.4, 0.5) is 11.4 Å². The number of hydrogen-bond acceptors (Lipinski definition) is 5. The number of carbonyl (C=O) groups is 1. The molecule has 2 heterocycles. The Morgan fingerprint density at radius 1 is 1.00 bits per heavy atom. The number of ketones is 1. The van der Waals surface area contributed by atoms with E-state index in [0.29, 0.717) is 22.9 Å². The van der Waals surface area contributed by atoms with Crippen LogP contribution in [-0.2, 0) is 4.79 Å². The number of rotatable bonds is 1. The molecule has 5 rings (SSSR count). The van der Waals surface area contributed by atoms with Gasteiger partial charge in [0, 0.05) is 29.3 Å². The number of aryl methyl sites for hydroxylation is 2. The first-order valence-electron chi connectivity index (χ1n) is 10.2. The van der Waals surface area contributed by atoms with Crippen LogP contribution < -0.4 is 20.1 Å². The lowest BCUT2D eigenvalue weighted by Crippen LogP contribution is -2.31. The van der Waals surface area contributed by atoms with Gasteiger partial charge in [0.25, 0.3) is 0 Å². The van der Waals surface area contributed by atoms with Gasteiger partial charge in [0.2, 0.25) is 6.79 Å². The van der Waals surface area contributed by atoms with Gasteiger partial charge in [-0.2, -0.15) is 0 Å². The van der Waals surface area contributed by atoms with E-state index in [9.17, 15) is 4.79 Å². The number of anilines is 2. The molecule has 5 nitrogen and oxygen atoms in total. The molecule has 30 heavy (non-hydrogen) atoms. The third kappa shape index (κ3) is 3.12. The van der Waals surface area contributed by atoms with Crippen LogP contribution in [0.25, 0.3) is 0 Å². The van der Waals surface area contributed by atoms with E-state index < -0.39 is 0 Å². The van der Waals surface area contributed by atoms with E-state index in [-0.39, 0.29) is 24.0 Å². The van der Waals surface area contributed by atoms with Crippen molar-refractivity contribution >= 4 is 28.8 Å². The van der Waals surface area contributed by atoms with E-state index in [1.165, 1.54) is 11.1 Å². The van der Waals surface area contributed by atoms with Gasteiger partial charge in [0.1, 0.15) is 0 Å². The summed E-state index contributed by atoms with van der Waals surface area (Å²) in [6.45, 7) is 8.64. The van der Waals surface area contributed by atoms with Crippen LogP contribution in [0.3, 0.4) is 0 Å². The zero-order valence-electron chi connectivity index (χ0n) is 17.6. The van der Waals surface area contributed by atoms with Gasteiger partial charge in [-0.3, -0.25) is 4.79 Å². The van der Waals surface area contributed by atoms with Crippen LogP contribution in [0.15, 0.2) is 35.5 Å². The van der Waals surface area contributed by atoms with Gasteiger partial charge in [-0.15, -0.1) is 0 Å². The molecule has 6 heteroatoms.